The summed E-state index contributed by atoms with van der Waals surface area (Å²) in [6, 6.07) is 3.02. The normalized spacial score (nSPS) is 22.7. The summed E-state index contributed by atoms with van der Waals surface area (Å²) in [5.41, 5.74) is 0. The lowest BCUT2D eigenvalue weighted by Gasteiger charge is -2.19. The minimum Gasteiger partial charge on any atom is -0.243 e. The topological polar surface area (TPSA) is 50.3 Å². The van der Waals surface area contributed by atoms with Gasteiger partial charge in [-0.2, -0.15) is 4.31 Å². The van der Waals surface area contributed by atoms with E-state index in [-0.39, 0.29) is 4.90 Å². The molecule has 4 nitrogen and oxygen atoms in total. The lowest BCUT2D eigenvalue weighted by atomic mass is 10.0. The molecule has 0 aromatic carbocycles. The number of hydrogen-bond donors (Lipinski definition) is 0. The van der Waals surface area contributed by atoms with Crippen molar-refractivity contribution in [2.45, 2.75) is 31.1 Å². The highest BCUT2D eigenvalue weighted by molar-refractivity contribution is 7.89. The van der Waals surface area contributed by atoms with Crippen molar-refractivity contribution in [3.63, 3.8) is 0 Å². The summed E-state index contributed by atoms with van der Waals surface area (Å²) in [6.07, 6.45) is 4.25. The van der Waals surface area contributed by atoms with Crippen molar-refractivity contribution in [2.75, 3.05) is 13.1 Å². The molecule has 2 rings (SSSR count). The first-order chi connectivity index (χ1) is 8.50. The Morgan fingerprint density at radius 2 is 2.11 bits per heavy atom. The molecule has 1 aromatic heterocycles. The molecular weight excluding hydrogens is 272 g/mol. The molecule has 0 saturated carbocycles. The Labute approximate surface area is 113 Å². The zero-order valence-corrected chi connectivity index (χ0v) is 11.9. The summed E-state index contributed by atoms with van der Waals surface area (Å²) >= 11 is 5.67. The molecule has 1 unspecified atom stereocenters. The van der Waals surface area contributed by atoms with E-state index in [0.29, 0.717) is 24.2 Å². The van der Waals surface area contributed by atoms with Crippen LogP contribution in [0.4, 0.5) is 0 Å². The van der Waals surface area contributed by atoms with Gasteiger partial charge in [0.2, 0.25) is 10.0 Å². The van der Waals surface area contributed by atoms with Crippen LogP contribution in [-0.2, 0) is 10.0 Å². The van der Waals surface area contributed by atoms with Crippen LogP contribution in [0.2, 0.25) is 5.15 Å². The van der Waals surface area contributed by atoms with Crippen molar-refractivity contribution in [2.24, 2.45) is 5.92 Å². The van der Waals surface area contributed by atoms with E-state index in [0.717, 1.165) is 19.3 Å². The maximum absolute atomic E-state index is 12.4. The second kappa shape index (κ2) is 5.55. The summed E-state index contributed by atoms with van der Waals surface area (Å²) in [5, 5.41) is 0.304. The fourth-order valence-electron chi connectivity index (χ4n) is 2.14. The Kier molecular flexibility index (Phi) is 4.25. The average molecular weight is 289 g/mol. The van der Waals surface area contributed by atoms with Crippen molar-refractivity contribution in [3.05, 3.63) is 23.5 Å². The van der Waals surface area contributed by atoms with Crippen LogP contribution in [0.25, 0.3) is 0 Å². The molecule has 0 N–H and O–H groups in total. The fourth-order valence-corrected chi connectivity index (χ4v) is 3.69. The Balaban J connectivity index is 2.22. The van der Waals surface area contributed by atoms with Gasteiger partial charge in [0.15, 0.2) is 0 Å². The second-order valence-corrected chi connectivity index (χ2v) is 7.08. The summed E-state index contributed by atoms with van der Waals surface area (Å²) < 4.78 is 26.4. The zero-order valence-electron chi connectivity index (χ0n) is 10.3. The van der Waals surface area contributed by atoms with Crippen molar-refractivity contribution in [1.82, 2.24) is 9.29 Å². The van der Waals surface area contributed by atoms with Crippen LogP contribution >= 0.6 is 11.6 Å². The number of sulfonamides is 1. The first-order valence-electron chi connectivity index (χ1n) is 6.12. The van der Waals surface area contributed by atoms with Gasteiger partial charge in [-0.15, -0.1) is 0 Å². The van der Waals surface area contributed by atoms with Crippen molar-refractivity contribution >= 4 is 21.6 Å². The molecule has 0 amide bonds. The molecule has 1 aromatic rings. The highest BCUT2D eigenvalue weighted by Gasteiger charge is 2.26. The average Bonchev–Trinajstić information content (AvgIpc) is 2.55. The number of nitrogens with zero attached hydrogens (tertiary/aromatic N) is 2. The van der Waals surface area contributed by atoms with Crippen LogP contribution in [0.15, 0.2) is 23.2 Å². The van der Waals surface area contributed by atoms with Crippen LogP contribution < -0.4 is 0 Å². The van der Waals surface area contributed by atoms with Crippen LogP contribution in [0.1, 0.15) is 26.2 Å². The highest BCUT2D eigenvalue weighted by Crippen LogP contribution is 2.22. The third-order valence-corrected chi connectivity index (χ3v) is 5.42. The first kappa shape index (κ1) is 13.8. The number of rotatable bonds is 2. The minimum absolute atomic E-state index is 0.224. The van der Waals surface area contributed by atoms with Crippen LogP contribution in [0.5, 0.6) is 0 Å². The van der Waals surface area contributed by atoms with Gasteiger partial charge in [-0.05, 0) is 37.3 Å². The van der Waals surface area contributed by atoms with E-state index >= 15 is 0 Å². The molecule has 1 atom stereocenters. The second-order valence-electron chi connectivity index (χ2n) is 4.76. The van der Waals surface area contributed by atoms with Crippen molar-refractivity contribution in [3.8, 4) is 0 Å². The van der Waals surface area contributed by atoms with E-state index in [1.165, 1.54) is 18.3 Å². The maximum Gasteiger partial charge on any atom is 0.244 e. The Morgan fingerprint density at radius 1 is 1.33 bits per heavy atom. The molecular formula is C12H17ClN2O2S. The monoisotopic (exact) mass is 288 g/mol. The zero-order chi connectivity index (χ0) is 13.2. The molecule has 18 heavy (non-hydrogen) atoms. The number of halogens is 1. The third-order valence-electron chi connectivity index (χ3n) is 3.31. The van der Waals surface area contributed by atoms with Crippen LogP contribution in [-0.4, -0.2) is 30.8 Å². The molecule has 6 heteroatoms. The third kappa shape index (κ3) is 3.02. The number of aromatic nitrogens is 1. The molecule has 1 saturated heterocycles. The van der Waals surface area contributed by atoms with Crippen LogP contribution in [0.3, 0.4) is 0 Å². The fraction of sp³-hybridized carbons (Fsp3) is 0.583. The molecule has 100 valence electrons. The lowest BCUT2D eigenvalue weighted by Crippen LogP contribution is -2.32. The van der Waals surface area contributed by atoms with Crippen LogP contribution in [0, 0.1) is 5.92 Å². The van der Waals surface area contributed by atoms with E-state index in [1.54, 1.807) is 4.31 Å². The quantitative estimate of drug-likeness (QED) is 0.786. The molecule has 0 aliphatic carbocycles. The summed E-state index contributed by atoms with van der Waals surface area (Å²) in [7, 11) is -3.41. The Morgan fingerprint density at radius 3 is 2.78 bits per heavy atom. The maximum atomic E-state index is 12.4. The highest BCUT2D eigenvalue weighted by atomic mass is 35.5. The van der Waals surface area contributed by atoms with Gasteiger partial charge in [-0.3, -0.25) is 0 Å². The Bertz CT molecular complexity index is 501. The predicted molar refractivity (Wildman–Crippen MR) is 71.0 cm³/mol. The smallest absolute Gasteiger partial charge is 0.243 e. The van der Waals surface area contributed by atoms with Gasteiger partial charge in [0.05, 0.1) is 0 Å². The summed E-state index contributed by atoms with van der Waals surface area (Å²) in [5.74, 6) is 0.591. The van der Waals surface area contributed by atoms with Gasteiger partial charge in [-0.1, -0.05) is 18.5 Å². The van der Waals surface area contributed by atoms with Crippen molar-refractivity contribution in [1.29, 1.82) is 0 Å². The van der Waals surface area contributed by atoms with Gasteiger partial charge >= 0.3 is 0 Å². The molecule has 1 aliphatic heterocycles. The molecule has 2 heterocycles. The molecule has 1 aliphatic rings. The lowest BCUT2D eigenvalue weighted by molar-refractivity contribution is 0.416. The van der Waals surface area contributed by atoms with Gasteiger partial charge < -0.3 is 0 Å². The number of pyridine rings is 1. The largest absolute Gasteiger partial charge is 0.244 e. The van der Waals surface area contributed by atoms with E-state index in [4.69, 9.17) is 11.6 Å². The van der Waals surface area contributed by atoms with E-state index in [2.05, 4.69) is 11.9 Å². The molecule has 0 bridgehead atoms. The summed E-state index contributed by atoms with van der Waals surface area (Å²) in [4.78, 5) is 4.06. The molecule has 0 spiro atoms. The predicted octanol–water partition coefficient (Wildman–Crippen LogP) is 2.55. The minimum atomic E-state index is -3.41. The molecule has 1 fully saturated rings. The van der Waals surface area contributed by atoms with E-state index in [9.17, 15) is 8.42 Å². The van der Waals surface area contributed by atoms with Gasteiger partial charge in [0.25, 0.3) is 0 Å². The summed E-state index contributed by atoms with van der Waals surface area (Å²) in [6.45, 7) is 3.35. The number of hydrogen-bond acceptors (Lipinski definition) is 3. The van der Waals surface area contributed by atoms with Gasteiger partial charge in [0.1, 0.15) is 10.0 Å². The Hall–Kier alpha value is -0.650. The van der Waals surface area contributed by atoms with E-state index < -0.39 is 10.0 Å². The van der Waals surface area contributed by atoms with Gasteiger partial charge in [0, 0.05) is 19.3 Å². The van der Waals surface area contributed by atoms with E-state index in [1.807, 2.05) is 0 Å². The first-order valence-corrected chi connectivity index (χ1v) is 7.93. The molecule has 0 radical (unpaired) electrons. The standard InChI is InChI=1S/C12H17ClN2O2S/c1-10-3-2-7-15(8-6-10)18(16,17)11-4-5-12(13)14-9-11/h4-5,9-10H,2-3,6-8H2,1H3. The van der Waals surface area contributed by atoms with Crippen molar-refractivity contribution < 1.29 is 8.42 Å². The SMILES string of the molecule is CC1CCCN(S(=O)(=O)c2ccc(Cl)nc2)CC1. The van der Waals surface area contributed by atoms with Gasteiger partial charge in [-0.25, -0.2) is 13.4 Å².